The van der Waals surface area contributed by atoms with Gasteiger partial charge in [-0.25, -0.2) is 18.5 Å². The van der Waals surface area contributed by atoms with Gasteiger partial charge in [0.15, 0.2) is 6.10 Å². The predicted octanol–water partition coefficient (Wildman–Crippen LogP) is 1.76. The second-order valence-corrected chi connectivity index (χ2v) is 13.2. The number of phosphoric ester groups is 1. The molecule has 0 spiro atoms. The van der Waals surface area contributed by atoms with Gasteiger partial charge in [0.2, 0.25) is 6.23 Å². The Hall–Kier alpha value is -1.21. The number of anilines is 1. The minimum Gasteiger partial charge on any atom is -0.384 e. The van der Waals surface area contributed by atoms with Gasteiger partial charge in [-0.1, -0.05) is 41.5 Å². The highest BCUT2D eigenvalue weighted by Crippen LogP contribution is 2.66. The number of nitrogens with two attached hydrogens (primary N) is 1. The lowest BCUT2D eigenvalue weighted by molar-refractivity contribution is -0.140. The molecule has 2 heterocycles. The molecule has 2 rings (SSSR count). The van der Waals surface area contributed by atoms with Gasteiger partial charge in [-0.2, -0.15) is 22.4 Å². The number of nitrogen functional groups attached to an aromatic ring is 1. The van der Waals surface area contributed by atoms with Crippen molar-refractivity contribution < 1.29 is 65.0 Å². The van der Waals surface area contributed by atoms with E-state index in [1.165, 1.54) is 39.3 Å². The zero-order chi connectivity index (χ0) is 34.5. The highest BCUT2D eigenvalue weighted by molar-refractivity contribution is 7.66. The minimum atomic E-state index is -5.83. The third kappa shape index (κ3) is 14.9. The van der Waals surface area contributed by atoms with Gasteiger partial charge in [-0.15, -0.1) is 0 Å². The van der Waals surface area contributed by atoms with Crippen LogP contribution < -0.4 is 11.4 Å². The molecule has 0 amide bonds. The number of aliphatic hydroxyl groups excluding tert-OH is 1. The smallest absolute Gasteiger partial charge is 0.384 e. The summed E-state index contributed by atoms with van der Waals surface area (Å²) in [5.74, 6) is -4.42. The van der Waals surface area contributed by atoms with Gasteiger partial charge in [0.05, 0.1) is 6.61 Å². The van der Waals surface area contributed by atoms with Crippen molar-refractivity contribution in [1.82, 2.24) is 19.4 Å². The lowest BCUT2D eigenvalue weighted by Gasteiger charge is -2.20. The third-order valence-corrected chi connectivity index (χ3v) is 9.79. The first-order valence-electron chi connectivity index (χ1n) is 13.4. The monoisotopic (exact) mass is 705 g/mol. The molecule has 1 fully saturated rings. The van der Waals surface area contributed by atoms with Crippen LogP contribution in [0.15, 0.2) is 17.1 Å². The molecule has 23 heteroatoms. The first kappa shape index (κ1) is 42.8. The molecular weight excluding hydrogens is 661 g/mol. The lowest BCUT2D eigenvalue weighted by Crippen LogP contribution is -2.41. The van der Waals surface area contributed by atoms with Crippen LogP contribution in [0, 0.1) is 0 Å². The summed E-state index contributed by atoms with van der Waals surface area (Å²) in [5.41, 5.74) is 3.97. The second kappa shape index (κ2) is 18.8. The van der Waals surface area contributed by atoms with E-state index in [1.807, 2.05) is 0 Å². The predicted molar refractivity (Wildman–Crippen MR) is 155 cm³/mol. The average Bonchev–Trinajstić information content (AvgIpc) is 3.12. The molecule has 2 unspecified atom stereocenters. The van der Waals surface area contributed by atoms with Gasteiger partial charge in [0.25, 0.3) is 0 Å². The number of halogens is 2. The molecule has 7 N–H and O–H groups in total. The zero-order valence-electron chi connectivity index (χ0n) is 25.3. The number of hydrogen-bond acceptors (Lipinski definition) is 13. The molecule has 1 aliphatic heterocycles. The van der Waals surface area contributed by atoms with Crippen molar-refractivity contribution in [3.8, 4) is 0 Å². The number of nitrogens with zero attached hydrogens (tertiary/aromatic N) is 4. The molecular formula is C21H44F2N5O13P3. The van der Waals surface area contributed by atoms with Crippen LogP contribution >= 0.6 is 23.5 Å². The fourth-order valence-electron chi connectivity index (χ4n) is 3.52. The van der Waals surface area contributed by atoms with Crippen molar-refractivity contribution in [2.45, 2.75) is 65.9 Å². The summed E-state index contributed by atoms with van der Waals surface area (Å²) >= 11 is 0. The highest BCUT2D eigenvalue weighted by Gasteiger charge is 2.60. The maximum Gasteiger partial charge on any atom is 0.490 e. The fraction of sp³-hybridized carbons (Fsp3) is 0.810. The Labute approximate surface area is 254 Å². The number of rotatable bonds is 14. The maximum absolute atomic E-state index is 14.3. The van der Waals surface area contributed by atoms with Crippen LogP contribution in [0.2, 0.25) is 0 Å². The normalized spacial score (nSPS) is 22.4. The Kier molecular flexibility index (Phi) is 18.3. The van der Waals surface area contributed by atoms with Crippen LogP contribution in [0.5, 0.6) is 0 Å². The molecule has 1 saturated heterocycles. The molecule has 18 nitrogen and oxygen atoms in total. The van der Waals surface area contributed by atoms with Gasteiger partial charge in [0, 0.05) is 6.20 Å². The minimum absolute atomic E-state index is 0.282. The van der Waals surface area contributed by atoms with Crippen LogP contribution in [0.3, 0.4) is 0 Å². The van der Waals surface area contributed by atoms with E-state index in [-0.39, 0.29) is 10.4 Å². The average molecular weight is 706 g/mol. The van der Waals surface area contributed by atoms with Gasteiger partial charge in [-0.05, 0) is 45.3 Å². The third-order valence-electron chi connectivity index (χ3n) is 5.98. The van der Waals surface area contributed by atoms with Crippen molar-refractivity contribution in [2.24, 2.45) is 0 Å². The molecule has 1 aromatic heterocycles. The zero-order valence-corrected chi connectivity index (χ0v) is 28.0. The Morgan fingerprint density at radius 3 is 1.75 bits per heavy atom. The standard InChI is InChI=1S/C9H14F2N3O13P3.2C6H15N/c10-9(11)6(15)4(25-7(9)14-2-1-5(12)13-8(14)16)3-24-29(20,21)27-30(22,23)26-28(17,18)19;2*1-4-7(5-2)6-3/h1-2,4,6-7,15H,3H2,(H,20,21)(H,22,23)(H2,12,13,16)(H2,17,18,19);2*4-6H2,1-3H3/t4-,6-,7-;;/m1../s1. The molecule has 5 atom stereocenters. The van der Waals surface area contributed by atoms with Crippen molar-refractivity contribution in [1.29, 1.82) is 0 Å². The van der Waals surface area contributed by atoms with E-state index in [0.29, 0.717) is 0 Å². The molecule has 260 valence electrons. The Morgan fingerprint density at radius 2 is 1.39 bits per heavy atom. The molecule has 0 aromatic carbocycles. The van der Waals surface area contributed by atoms with E-state index >= 15 is 0 Å². The Balaban J connectivity index is 0.00000109. The Bertz CT molecular complexity index is 1180. The van der Waals surface area contributed by atoms with Crippen molar-refractivity contribution in [3.63, 3.8) is 0 Å². The van der Waals surface area contributed by atoms with E-state index in [1.54, 1.807) is 0 Å². The summed E-state index contributed by atoms with van der Waals surface area (Å²) < 4.78 is 78.0. The largest absolute Gasteiger partial charge is 0.490 e. The SMILES string of the molecule is CCN(CC)CC.CCN(CC)CC.Nc1ccn([C@@H]2O[C@H](COP(=O)(O)OP(=O)(O)OP(=O)(O)O)[C@@H](O)C2(F)F)c(=O)n1. The number of hydrogen-bond donors (Lipinski definition) is 6. The topological polar surface area (TPSA) is 257 Å². The molecule has 0 bridgehead atoms. The van der Waals surface area contributed by atoms with Crippen LogP contribution in [0.4, 0.5) is 14.6 Å². The van der Waals surface area contributed by atoms with E-state index in [4.69, 9.17) is 25.2 Å². The van der Waals surface area contributed by atoms with Crippen LogP contribution in [-0.4, -0.2) is 108 Å². The van der Waals surface area contributed by atoms with Gasteiger partial charge in [0.1, 0.15) is 11.9 Å². The lowest BCUT2D eigenvalue weighted by atomic mass is 10.1. The van der Waals surface area contributed by atoms with Crippen molar-refractivity contribution in [3.05, 3.63) is 22.7 Å². The molecule has 1 aliphatic rings. The van der Waals surface area contributed by atoms with Crippen molar-refractivity contribution >= 4 is 29.3 Å². The van der Waals surface area contributed by atoms with Crippen molar-refractivity contribution in [2.75, 3.05) is 51.6 Å². The van der Waals surface area contributed by atoms with Gasteiger partial charge >= 0.3 is 35.1 Å². The number of aromatic nitrogens is 2. The molecule has 0 aliphatic carbocycles. The first-order valence-corrected chi connectivity index (χ1v) is 17.9. The van der Waals surface area contributed by atoms with Gasteiger partial charge in [-0.3, -0.25) is 9.09 Å². The summed E-state index contributed by atoms with van der Waals surface area (Å²) in [6.45, 7) is 18.9. The fourth-order valence-corrected chi connectivity index (χ4v) is 6.55. The number of aliphatic hydroxyl groups is 1. The molecule has 0 radical (unpaired) electrons. The summed E-state index contributed by atoms with van der Waals surface area (Å²) in [4.78, 5) is 54.8. The second-order valence-electron chi connectivity index (χ2n) is 8.81. The van der Waals surface area contributed by atoms with E-state index in [2.05, 4.69) is 69.5 Å². The van der Waals surface area contributed by atoms with Crippen LogP contribution in [0.1, 0.15) is 47.8 Å². The first-order chi connectivity index (χ1) is 20.1. The molecule has 0 saturated carbocycles. The van der Waals surface area contributed by atoms with E-state index < -0.39 is 60.1 Å². The summed E-state index contributed by atoms with van der Waals surface area (Å²) in [6.07, 6.45) is -6.40. The van der Waals surface area contributed by atoms with Crippen LogP contribution in [-0.2, 0) is 31.6 Å². The van der Waals surface area contributed by atoms with Crippen LogP contribution in [0.25, 0.3) is 0 Å². The van der Waals surface area contributed by atoms with E-state index in [9.17, 15) is 37.3 Å². The molecule has 1 aromatic rings. The van der Waals surface area contributed by atoms with Gasteiger partial charge < -0.3 is 45.0 Å². The summed E-state index contributed by atoms with van der Waals surface area (Å²) in [5, 5.41) is 9.72. The summed E-state index contributed by atoms with van der Waals surface area (Å²) in [6, 6.07) is 0.979. The quantitative estimate of drug-likeness (QED) is 0.151. The number of phosphoric acid groups is 3. The number of alkyl halides is 2. The maximum atomic E-state index is 14.3. The molecule has 44 heavy (non-hydrogen) atoms. The van der Waals surface area contributed by atoms with E-state index in [0.717, 1.165) is 12.3 Å². The Morgan fingerprint density at radius 1 is 0.932 bits per heavy atom. The number of ether oxygens (including phenoxy) is 1. The summed E-state index contributed by atoms with van der Waals surface area (Å²) in [7, 11) is -17.1. The highest BCUT2D eigenvalue weighted by atomic mass is 31.3.